The molecule has 0 bridgehead atoms. The van der Waals surface area contributed by atoms with Crippen LogP contribution in [0.5, 0.6) is 0 Å². The fraction of sp³-hybridized carbons (Fsp3) is 0. The first-order valence-corrected chi connectivity index (χ1v) is 21.2. The minimum atomic E-state index is 0.835. The summed E-state index contributed by atoms with van der Waals surface area (Å²) in [6.07, 6.45) is 0. The lowest BCUT2D eigenvalue weighted by Gasteiger charge is -2.26. The molecule has 0 N–H and O–H groups in total. The third-order valence-corrected chi connectivity index (χ3v) is 13.1. The van der Waals surface area contributed by atoms with Crippen molar-refractivity contribution in [3.05, 3.63) is 200 Å². The molecule has 13 rings (SSSR count). The molecule has 6 heteroatoms. The van der Waals surface area contributed by atoms with E-state index in [1.807, 2.05) is 24.3 Å². The second kappa shape index (κ2) is 13.3. The zero-order valence-electron chi connectivity index (χ0n) is 32.6. The Morgan fingerprint density at radius 3 is 1.39 bits per heavy atom. The van der Waals surface area contributed by atoms with Gasteiger partial charge in [0.2, 0.25) is 0 Å². The van der Waals surface area contributed by atoms with Crippen LogP contribution in [0.3, 0.4) is 0 Å². The number of furan rings is 2. The summed E-state index contributed by atoms with van der Waals surface area (Å²) in [6, 6.07) is 70.9. The van der Waals surface area contributed by atoms with Gasteiger partial charge >= 0.3 is 0 Å². The smallest absolute Gasteiger partial charge is 0.139 e. The predicted molar refractivity (Wildman–Crippen MR) is 256 cm³/mol. The van der Waals surface area contributed by atoms with Crippen LogP contribution in [0.4, 0.5) is 34.3 Å². The number of benzene rings is 9. The number of fused-ring (bicyclic) bond motifs is 11. The number of para-hydroxylation sites is 2. The first kappa shape index (κ1) is 34.0. The lowest BCUT2D eigenvalue weighted by atomic mass is 10.1. The van der Waals surface area contributed by atoms with E-state index in [4.69, 9.17) is 13.8 Å². The highest BCUT2D eigenvalue weighted by Crippen LogP contribution is 2.45. The third-order valence-electron chi connectivity index (χ3n) is 12.0. The Hall–Kier alpha value is -7.93. The average molecular weight is 800 g/mol. The van der Waals surface area contributed by atoms with Crippen molar-refractivity contribution < 1.29 is 8.83 Å². The Bertz CT molecular complexity index is 3630. The molecule has 4 heterocycles. The average Bonchev–Trinajstić information content (AvgIpc) is 3.99. The van der Waals surface area contributed by atoms with Crippen molar-refractivity contribution in [2.75, 3.05) is 9.80 Å². The molecule has 9 aromatic carbocycles. The topological polar surface area (TPSA) is 45.7 Å². The lowest BCUT2D eigenvalue weighted by molar-refractivity contribution is 0.668. The standard InChI is InChI=1S/C55H33N3O2S/c1-3-11-36-29-38(19-17-34(36)9-1)57(40-21-24-45-43-13-5-7-15-49(43)59-51(45)31-40)42-23-26-47-48-27-28-54(56-55(48)61-53(47)33-42)58(39-20-18-35-10-2-4-12-37(35)30-39)41-22-25-46-44-14-6-8-16-50(44)60-52(46)32-41/h1-33H. The van der Waals surface area contributed by atoms with Gasteiger partial charge in [0.05, 0.1) is 5.69 Å². The van der Waals surface area contributed by atoms with E-state index in [-0.39, 0.29) is 0 Å². The molecule has 4 aromatic heterocycles. The second-order valence-electron chi connectivity index (χ2n) is 15.6. The number of thiophene rings is 1. The Balaban J connectivity index is 0.961. The summed E-state index contributed by atoms with van der Waals surface area (Å²) in [6.45, 7) is 0. The van der Waals surface area contributed by atoms with Gasteiger partial charge in [0.15, 0.2) is 0 Å². The number of aromatic nitrogens is 1. The molecule has 286 valence electrons. The summed E-state index contributed by atoms with van der Waals surface area (Å²) in [4.78, 5) is 11.0. The zero-order valence-corrected chi connectivity index (χ0v) is 33.4. The van der Waals surface area contributed by atoms with Crippen molar-refractivity contribution in [2.24, 2.45) is 0 Å². The van der Waals surface area contributed by atoms with Crippen molar-refractivity contribution in [1.82, 2.24) is 4.98 Å². The van der Waals surface area contributed by atoms with E-state index >= 15 is 0 Å². The van der Waals surface area contributed by atoms with Crippen LogP contribution in [-0.2, 0) is 0 Å². The highest BCUT2D eigenvalue weighted by atomic mass is 32.1. The van der Waals surface area contributed by atoms with E-state index < -0.39 is 0 Å². The Labute approximate surface area is 353 Å². The van der Waals surface area contributed by atoms with Crippen molar-refractivity contribution in [1.29, 1.82) is 0 Å². The van der Waals surface area contributed by atoms with Gasteiger partial charge in [0, 0.05) is 71.9 Å². The number of nitrogens with zero attached hydrogens (tertiary/aromatic N) is 3. The molecule has 61 heavy (non-hydrogen) atoms. The number of pyridine rings is 1. The minimum Gasteiger partial charge on any atom is -0.456 e. The molecule has 0 saturated carbocycles. The molecule has 0 atom stereocenters. The summed E-state index contributed by atoms with van der Waals surface area (Å²) in [5, 5.41) is 11.5. The highest BCUT2D eigenvalue weighted by Gasteiger charge is 2.21. The Kier molecular flexibility index (Phi) is 7.41. The lowest BCUT2D eigenvalue weighted by Crippen LogP contribution is -2.11. The molecule has 0 saturated heterocycles. The van der Waals surface area contributed by atoms with Crippen molar-refractivity contribution in [3.8, 4) is 0 Å². The summed E-state index contributed by atoms with van der Waals surface area (Å²) in [7, 11) is 0. The molecule has 5 nitrogen and oxygen atoms in total. The maximum Gasteiger partial charge on any atom is 0.139 e. The fourth-order valence-electron chi connectivity index (χ4n) is 9.10. The van der Waals surface area contributed by atoms with Crippen LogP contribution in [-0.4, -0.2) is 4.98 Å². The fourth-order valence-corrected chi connectivity index (χ4v) is 10.2. The highest BCUT2D eigenvalue weighted by molar-refractivity contribution is 7.25. The molecule has 0 fully saturated rings. The number of rotatable bonds is 6. The summed E-state index contributed by atoms with van der Waals surface area (Å²) in [5.41, 5.74) is 8.63. The van der Waals surface area contributed by atoms with Gasteiger partial charge in [-0.1, -0.05) is 103 Å². The first-order chi connectivity index (χ1) is 30.2. The van der Waals surface area contributed by atoms with Gasteiger partial charge in [0.25, 0.3) is 0 Å². The third kappa shape index (κ3) is 5.50. The van der Waals surface area contributed by atoms with Crippen LogP contribution >= 0.6 is 11.3 Å². The van der Waals surface area contributed by atoms with Crippen LogP contribution in [0.15, 0.2) is 209 Å². The van der Waals surface area contributed by atoms with Gasteiger partial charge in [-0.05, 0) is 106 Å². The number of hydrogen-bond acceptors (Lipinski definition) is 6. The summed E-state index contributed by atoms with van der Waals surface area (Å²) >= 11 is 1.72. The normalized spacial score (nSPS) is 11.9. The molecular weight excluding hydrogens is 767 g/mol. The minimum absolute atomic E-state index is 0.835. The Morgan fingerprint density at radius 1 is 0.328 bits per heavy atom. The molecule has 0 amide bonds. The van der Waals surface area contributed by atoms with Crippen molar-refractivity contribution >= 4 is 131 Å². The van der Waals surface area contributed by atoms with E-state index in [0.29, 0.717) is 0 Å². The molecule has 0 unspecified atom stereocenters. The van der Waals surface area contributed by atoms with Gasteiger partial charge in [-0.3, -0.25) is 4.90 Å². The summed E-state index contributed by atoms with van der Waals surface area (Å²) in [5.74, 6) is 0.835. The molecule has 0 aliphatic heterocycles. The van der Waals surface area contributed by atoms with Gasteiger partial charge in [-0.25, -0.2) is 4.98 Å². The number of anilines is 6. The van der Waals surface area contributed by atoms with Gasteiger partial charge in [-0.2, -0.15) is 0 Å². The van der Waals surface area contributed by atoms with E-state index in [9.17, 15) is 0 Å². The van der Waals surface area contributed by atoms with Crippen LogP contribution in [0.25, 0.3) is 85.7 Å². The van der Waals surface area contributed by atoms with Crippen LogP contribution < -0.4 is 9.80 Å². The van der Waals surface area contributed by atoms with Crippen molar-refractivity contribution in [3.63, 3.8) is 0 Å². The van der Waals surface area contributed by atoms with Crippen LogP contribution in [0.2, 0.25) is 0 Å². The Morgan fingerprint density at radius 2 is 0.770 bits per heavy atom. The molecule has 0 spiro atoms. The largest absolute Gasteiger partial charge is 0.456 e. The SMILES string of the molecule is c1ccc2cc(N(c3ccc4c(c3)oc3ccccc34)c3ccc4c(c3)sc3nc(N(c5ccc6ccccc6c5)c5ccc6c(c5)oc5ccccc56)ccc34)ccc2c1. The number of hydrogen-bond donors (Lipinski definition) is 0. The molecule has 0 radical (unpaired) electrons. The van der Waals surface area contributed by atoms with Crippen LogP contribution in [0.1, 0.15) is 0 Å². The van der Waals surface area contributed by atoms with Crippen molar-refractivity contribution in [2.45, 2.75) is 0 Å². The molecule has 13 aromatic rings. The molecule has 0 aliphatic carbocycles. The molecular formula is C55H33N3O2S. The second-order valence-corrected chi connectivity index (χ2v) is 16.6. The monoisotopic (exact) mass is 799 g/mol. The van der Waals surface area contributed by atoms with Crippen LogP contribution in [0, 0.1) is 0 Å². The quantitative estimate of drug-likeness (QED) is 0.168. The van der Waals surface area contributed by atoms with E-state index in [1.165, 1.54) is 26.9 Å². The van der Waals surface area contributed by atoms with E-state index in [1.54, 1.807) is 11.3 Å². The zero-order chi connectivity index (χ0) is 40.0. The van der Waals surface area contributed by atoms with E-state index in [2.05, 4.69) is 186 Å². The first-order valence-electron chi connectivity index (χ1n) is 20.4. The van der Waals surface area contributed by atoms with Gasteiger partial charge in [0.1, 0.15) is 33.0 Å². The van der Waals surface area contributed by atoms with Gasteiger partial charge < -0.3 is 13.7 Å². The predicted octanol–water partition coefficient (Wildman–Crippen LogP) is 16.5. The van der Waals surface area contributed by atoms with E-state index in [0.717, 1.165) is 93.0 Å². The van der Waals surface area contributed by atoms with Gasteiger partial charge in [-0.15, -0.1) is 11.3 Å². The molecule has 0 aliphatic rings. The maximum atomic E-state index is 6.40. The maximum absolute atomic E-state index is 6.40. The summed E-state index contributed by atoms with van der Waals surface area (Å²) < 4.78 is 14.0.